The molecule has 0 fully saturated rings. The summed E-state index contributed by atoms with van der Waals surface area (Å²) >= 11 is 0. The fourth-order valence-electron chi connectivity index (χ4n) is 1.05. The van der Waals surface area contributed by atoms with E-state index in [-0.39, 0.29) is 18.5 Å². The van der Waals surface area contributed by atoms with Crippen molar-refractivity contribution in [1.82, 2.24) is 0 Å². The number of hydrogen-bond donors (Lipinski definition) is 0. The van der Waals surface area contributed by atoms with E-state index in [1.807, 2.05) is 44.2 Å². The van der Waals surface area contributed by atoms with E-state index >= 15 is 0 Å². The van der Waals surface area contributed by atoms with Crippen molar-refractivity contribution in [1.29, 1.82) is 0 Å². The maximum absolute atomic E-state index is 11.3. The Morgan fingerprint density at radius 1 is 1.33 bits per heavy atom. The van der Waals surface area contributed by atoms with Crippen LogP contribution < -0.4 is 0 Å². The number of carbonyl (C=O) groups excluding carboxylic acids is 1. The van der Waals surface area contributed by atoms with Crippen LogP contribution in [0.4, 0.5) is 0 Å². The van der Waals surface area contributed by atoms with Crippen molar-refractivity contribution in [3.05, 3.63) is 42.0 Å². The molecule has 2 nitrogen and oxygen atoms in total. The maximum Gasteiger partial charge on any atom is 0.181 e. The van der Waals surface area contributed by atoms with Gasteiger partial charge >= 0.3 is 0 Å². The smallest absolute Gasteiger partial charge is 0.181 e. The number of rotatable bonds is 5. The lowest BCUT2D eigenvalue weighted by Crippen LogP contribution is -2.10. The fraction of sp³-hybridized carbons (Fsp3) is 0.308. The van der Waals surface area contributed by atoms with Crippen molar-refractivity contribution < 1.29 is 9.53 Å². The summed E-state index contributed by atoms with van der Waals surface area (Å²) in [5.41, 5.74) is 1.02. The number of hydrogen-bond acceptors (Lipinski definition) is 2. The number of ketones is 1. The Morgan fingerprint density at radius 2 is 2.00 bits per heavy atom. The van der Waals surface area contributed by atoms with Gasteiger partial charge in [-0.3, -0.25) is 4.79 Å². The highest BCUT2D eigenvalue weighted by molar-refractivity contribution is 5.94. The molecule has 80 valence electrons. The van der Waals surface area contributed by atoms with Gasteiger partial charge in [0.2, 0.25) is 0 Å². The highest BCUT2D eigenvalue weighted by Gasteiger charge is 1.98. The summed E-state index contributed by atoms with van der Waals surface area (Å²) in [7, 11) is 0. The predicted molar refractivity (Wildman–Crippen MR) is 61.6 cm³/mol. The normalized spacial score (nSPS) is 11.1. The molecule has 1 aromatic carbocycles. The van der Waals surface area contributed by atoms with Crippen molar-refractivity contribution >= 4 is 11.9 Å². The van der Waals surface area contributed by atoms with E-state index in [0.29, 0.717) is 0 Å². The van der Waals surface area contributed by atoms with Crippen molar-refractivity contribution in [2.24, 2.45) is 0 Å². The first-order valence-corrected chi connectivity index (χ1v) is 5.06. The maximum atomic E-state index is 11.3. The minimum Gasteiger partial charge on any atom is -0.371 e. The van der Waals surface area contributed by atoms with Gasteiger partial charge in [0, 0.05) is 0 Å². The second-order valence-electron chi connectivity index (χ2n) is 3.57. The summed E-state index contributed by atoms with van der Waals surface area (Å²) in [6.45, 7) is 3.98. The molecule has 15 heavy (non-hydrogen) atoms. The Bertz CT molecular complexity index is 326. The van der Waals surface area contributed by atoms with E-state index in [1.165, 1.54) is 0 Å². The third-order valence-corrected chi connectivity index (χ3v) is 1.82. The van der Waals surface area contributed by atoms with Crippen LogP contribution >= 0.6 is 0 Å². The number of benzene rings is 1. The first-order chi connectivity index (χ1) is 7.18. The van der Waals surface area contributed by atoms with E-state index in [2.05, 4.69) is 0 Å². The molecule has 1 aromatic rings. The third kappa shape index (κ3) is 5.13. The van der Waals surface area contributed by atoms with Crippen LogP contribution in [0.25, 0.3) is 6.08 Å². The van der Waals surface area contributed by atoms with Crippen LogP contribution in [0.15, 0.2) is 36.4 Å². The van der Waals surface area contributed by atoms with Gasteiger partial charge in [0.25, 0.3) is 0 Å². The van der Waals surface area contributed by atoms with Crippen molar-refractivity contribution in [2.75, 3.05) is 6.61 Å². The second-order valence-corrected chi connectivity index (χ2v) is 3.57. The van der Waals surface area contributed by atoms with Crippen LogP contribution in [-0.4, -0.2) is 18.5 Å². The van der Waals surface area contributed by atoms with Crippen LogP contribution in [0.3, 0.4) is 0 Å². The molecule has 0 spiro atoms. The number of ether oxygens (including phenoxy) is 1. The molecule has 2 heteroatoms. The molecule has 0 bridgehead atoms. The van der Waals surface area contributed by atoms with Gasteiger partial charge in [-0.25, -0.2) is 0 Å². The Morgan fingerprint density at radius 3 is 2.60 bits per heavy atom. The van der Waals surface area contributed by atoms with Gasteiger partial charge in [0.05, 0.1) is 6.10 Å². The summed E-state index contributed by atoms with van der Waals surface area (Å²) in [4.78, 5) is 11.3. The molecule has 0 aliphatic heterocycles. The highest BCUT2D eigenvalue weighted by Crippen LogP contribution is 2.01. The summed E-state index contributed by atoms with van der Waals surface area (Å²) in [6, 6.07) is 9.73. The van der Waals surface area contributed by atoms with Crippen molar-refractivity contribution in [3.63, 3.8) is 0 Å². The lowest BCUT2D eigenvalue weighted by atomic mass is 10.2. The van der Waals surface area contributed by atoms with Gasteiger partial charge < -0.3 is 4.74 Å². The van der Waals surface area contributed by atoms with Crippen LogP contribution in [0.2, 0.25) is 0 Å². The van der Waals surface area contributed by atoms with Gasteiger partial charge in [-0.05, 0) is 25.5 Å². The molecule has 0 saturated heterocycles. The minimum atomic E-state index is -0.00690. The average Bonchev–Trinajstić information content (AvgIpc) is 2.25. The van der Waals surface area contributed by atoms with Crippen molar-refractivity contribution in [2.45, 2.75) is 20.0 Å². The third-order valence-electron chi connectivity index (χ3n) is 1.82. The molecule has 0 unspecified atom stereocenters. The minimum absolute atomic E-state index is 0.00690. The van der Waals surface area contributed by atoms with E-state index in [1.54, 1.807) is 12.2 Å². The molecular weight excluding hydrogens is 188 g/mol. The first kappa shape index (κ1) is 11.7. The largest absolute Gasteiger partial charge is 0.371 e. The molecule has 0 radical (unpaired) electrons. The molecule has 0 aromatic heterocycles. The fourth-order valence-corrected chi connectivity index (χ4v) is 1.05. The monoisotopic (exact) mass is 204 g/mol. The van der Waals surface area contributed by atoms with E-state index in [9.17, 15) is 4.79 Å². The SMILES string of the molecule is CC(C)OCC(=O)/C=C/c1ccccc1. The summed E-state index contributed by atoms with van der Waals surface area (Å²) in [5.74, 6) is -0.00690. The molecular formula is C13H16O2. The van der Waals surface area contributed by atoms with Crippen LogP contribution in [0, 0.1) is 0 Å². The molecule has 0 aliphatic rings. The van der Waals surface area contributed by atoms with Gasteiger partial charge in [0.15, 0.2) is 5.78 Å². The van der Waals surface area contributed by atoms with E-state index in [4.69, 9.17) is 4.74 Å². The van der Waals surface area contributed by atoms with Crippen LogP contribution in [0.1, 0.15) is 19.4 Å². The number of carbonyl (C=O) groups is 1. The lowest BCUT2D eigenvalue weighted by Gasteiger charge is -2.03. The molecule has 0 amide bonds. The zero-order valence-electron chi connectivity index (χ0n) is 9.14. The van der Waals surface area contributed by atoms with Crippen LogP contribution in [0.5, 0.6) is 0 Å². The predicted octanol–water partition coefficient (Wildman–Crippen LogP) is 2.69. The summed E-state index contributed by atoms with van der Waals surface area (Å²) in [5, 5.41) is 0. The molecule has 0 N–H and O–H groups in total. The first-order valence-electron chi connectivity index (χ1n) is 5.06. The molecule has 0 heterocycles. The Hall–Kier alpha value is -1.41. The average molecular weight is 204 g/mol. The van der Waals surface area contributed by atoms with Gasteiger partial charge in [0.1, 0.15) is 6.61 Å². The summed E-state index contributed by atoms with van der Waals surface area (Å²) < 4.78 is 5.19. The van der Waals surface area contributed by atoms with E-state index in [0.717, 1.165) is 5.56 Å². The Kier molecular flexibility index (Phi) is 4.78. The quantitative estimate of drug-likeness (QED) is 0.689. The zero-order chi connectivity index (χ0) is 11.1. The molecule has 0 saturated carbocycles. The Labute approximate surface area is 90.6 Å². The van der Waals surface area contributed by atoms with Gasteiger partial charge in [-0.2, -0.15) is 0 Å². The topological polar surface area (TPSA) is 26.3 Å². The molecule has 0 atom stereocenters. The van der Waals surface area contributed by atoms with Crippen molar-refractivity contribution in [3.8, 4) is 0 Å². The molecule has 1 rings (SSSR count). The van der Waals surface area contributed by atoms with Gasteiger partial charge in [-0.1, -0.05) is 36.4 Å². The Balaban J connectivity index is 2.41. The summed E-state index contributed by atoms with van der Waals surface area (Å²) in [6.07, 6.45) is 3.45. The molecule has 0 aliphatic carbocycles. The lowest BCUT2D eigenvalue weighted by molar-refractivity contribution is -0.120. The highest BCUT2D eigenvalue weighted by atomic mass is 16.5. The standard InChI is InChI=1S/C13H16O2/c1-11(2)15-10-13(14)9-8-12-6-4-3-5-7-12/h3-9,11H,10H2,1-2H3/b9-8+. The van der Waals surface area contributed by atoms with Gasteiger partial charge in [-0.15, -0.1) is 0 Å². The van der Waals surface area contributed by atoms with Crippen LogP contribution in [-0.2, 0) is 9.53 Å². The van der Waals surface area contributed by atoms with E-state index < -0.39 is 0 Å². The zero-order valence-corrected chi connectivity index (χ0v) is 9.14. The second kappa shape index (κ2) is 6.14.